The Balaban J connectivity index is 1.55. The average Bonchev–Trinajstić information content (AvgIpc) is 3.24. The van der Waals surface area contributed by atoms with Crippen LogP contribution in [0, 0.1) is 5.92 Å². The number of rotatable bonds is 4. The van der Waals surface area contributed by atoms with Crippen molar-refractivity contribution in [3.05, 3.63) is 24.2 Å². The molecule has 0 aromatic carbocycles. The van der Waals surface area contributed by atoms with E-state index in [1.54, 1.807) is 6.33 Å². The summed E-state index contributed by atoms with van der Waals surface area (Å²) < 4.78 is 8.18. The molecule has 2 aliphatic carbocycles. The molecule has 2 fully saturated rings. The first-order valence-corrected chi connectivity index (χ1v) is 7.86. The summed E-state index contributed by atoms with van der Waals surface area (Å²) in [6.07, 6.45) is 13.3. The first kappa shape index (κ1) is 12.2. The lowest BCUT2D eigenvalue weighted by molar-refractivity contribution is 0.207. The third kappa shape index (κ3) is 2.39. The molecule has 0 bridgehead atoms. The van der Waals surface area contributed by atoms with Gasteiger partial charge in [0.15, 0.2) is 5.65 Å². The SMILES string of the molecule is c1c(OCC2CCCCC2)c(C2CC2)cn2cnnc12. The highest BCUT2D eigenvalue weighted by Crippen LogP contribution is 2.44. The molecule has 0 N–H and O–H groups in total. The standard InChI is InChI=1S/C16H21N3O/c1-2-4-12(5-3-1)10-20-15-8-16-18-17-11-19(16)9-14(15)13-6-7-13/h8-9,11-13H,1-7,10H2. The summed E-state index contributed by atoms with van der Waals surface area (Å²) in [4.78, 5) is 0. The number of pyridine rings is 1. The Morgan fingerprint density at radius 2 is 2.00 bits per heavy atom. The zero-order valence-corrected chi connectivity index (χ0v) is 11.8. The Labute approximate surface area is 119 Å². The fourth-order valence-corrected chi connectivity index (χ4v) is 3.26. The van der Waals surface area contributed by atoms with Gasteiger partial charge in [-0.3, -0.25) is 4.40 Å². The maximum atomic E-state index is 6.17. The summed E-state index contributed by atoms with van der Waals surface area (Å²) >= 11 is 0. The Morgan fingerprint density at radius 3 is 2.80 bits per heavy atom. The normalized spacial score (nSPS) is 20.4. The van der Waals surface area contributed by atoms with Crippen LogP contribution in [0.5, 0.6) is 5.75 Å². The molecule has 2 aliphatic rings. The molecule has 4 nitrogen and oxygen atoms in total. The van der Waals surface area contributed by atoms with Crippen molar-refractivity contribution in [3.8, 4) is 5.75 Å². The molecule has 0 atom stereocenters. The fraction of sp³-hybridized carbons (Fsp3) is 0.625. The molecule has 0 aliphatic heterocycles. The smallest absolute Gasteiger partial charge is 0.164 e. The van der Waals surface area contributed by atoms with Gasteiger partial charge in [0, 0.05) is 17.8 Å². The van der Waals surface area contributed by atoms with Gasteiger partial charge in [0.05, 0.1) is 6.61 Å². The van der Waals surface area contributed by atoms with E-state index in [0.29, 0.717) is 5.92 Å². The molecule has 2 aromatic rings. The summed E-state index contributed by atoms with van der Waals surface area (Å²) in [7, 11) is 0. The van der Waals surface area contributed by atoms with Crippen LogP contribution >= 0.6 is 0 Å². The van der Waals surface area contributed by atoms with E-state index in [1.807, 2.05) is 4.40 Å². The highest BCUT2D eigenvalue weighted by molar-refractivity contribution is 5.49. The molecule has 2 aromatic heterocycles. The van der Waals surface area contributed by atoms with E-state index in [4.69, 9.17) is 4.74 Å². The Bertz CT molecular complexity index is 597. The second-order valence-electron chi connectivity index (χ2n) is 6.28. The number of aromatic nitrogens is 3. The second-order valence-corrected chi connectivity index (χ2v) is 6.28. The Hall–Kier alpha value is -1.58. The third-order valence-electron chi connectivity index (χ3n) is 4.64. The van der Waals surface area contributed by atoms with Gasteiger partial charge in [-0.05, 0) is 37.5 Å². The van der Waals surface area contributed by atoms with E-state index in [9.17, 15) is 0 Å². The van der Waals surface area contributed by atoms with Crippen molar-refractivity contribution < 1.29 is 4.74 Å². The van der Waals surface area contributed by atoms with Crippen LogP contribution in [0.4, 0.5) is 0 Å². The summed E-state index contributed by atoms with van der Waals surface area (Å²) in [5.41, 5.74) is 2.22. The fourth-order valence-electron chi connectivity index (χ4n) is 3.26. The van der Waals surface area contributed by atoms with Gasteiger partial charge in [-0.2, -0.15) is 0 Å². The minimum absolute atomic E-state index is 0.683. The van der Waals surface area contributed by atoms with Crippen molar-refractivity contribution >= 4 is 5.65 Å². The van der Waals surface area contributed by atoms with Crippen LogP contribution in [0.1, 0.15) is 56.4 Å². The third-order valence-corrected chi connectivity index (χ3v) is 4.64. The molecule has 2 heterocycles. The summed E-state index contributed by atoms with van der Waals surface area (Å²) in [6.45, 7) is 0.865. The zero-order chi connectivity index (χ0) is 13.4. The van der Waals surface area contributed by atoms with Gasteiger partial charge in [0.1, 0.15) is 12.1 Å². The van der Waals surface area contributed by atoms with Gasteiger partial charge >= 0.3 is 0 Å². The van der Waals surface area contributed by atoms with Crippen LogP contribution in [0.2, 0.25) is 0 Å². The molecule has 106 valence electrons. The van der Waals surface area contributed by atoms with Crippen LogP contribution < -0.4 is 4.74 Å². The Kier molecular flexibility index (Phi) is 3.09. The molecule has 4 heteroatoms. The van der Waals surface area contributed by atoms with Gasteiger partial charge in [-0.25, -0.2) is 0 Å². The topological polar surface area (TPSA) is 39.4 Å². The van der Waals surface area contributed by atoms with Crippen molar-refractivity contribution in [2.75, 3.05) is 6.61 Å². The van der Waals surface area contributed by atoms with E-state index in [-0.39, 0.29) is 0 Å². The summed E-state index contributed by atoms with van der Waals surface area (Å²) in [5.74, 6) is 2.46. The monoisotopic (exact) mass is 271 g/mol. The molecule has 20 heavy (non-hydrogen) atoms. The molecule has 0 spiro atoms. The predicted octanol–water partition coefficient (Wildman–Crippen LogP) is 3.57. The van der Waals surface area contributed by atoms with Crippen LogP contribution in [-0.2, 0) is 0 Å². The lowest BCUT2D eigenvalue weighted by atomic mass is 9.90. The lowest BCUT2D eigenvalue weighted by Crippen LogP contribution is -2.15. The largest absolute Gasteiger partial charge is 0.493 e. The maximum absolute atomic E-state index is 6.17. The minimum atomic E-state index is 0.683. The molecule has 4 rings (SSSR count). The van der Waals surface area contributed by atoms with Gasteiger partial charge in [0.2, 0.25) is 0 Å². The molecule has 0 amide bonds. The van der Waals surface area contributed by atoms with Gasteiger partial charge in [-0.1, -0.05) is 19.3 Å². The van der Waals surface area contributed by atoms with Crippen molar-refractivity contribution in [1.82, 2.24) is 14.6 Å². The summed E-state index contributed by atoms with van der Waals surface area (Å²) in [5, 5.41) is 8.10. The number of ether oxygens (including phenoxy) is 1. The van der Waals surface area contributed by atoms with Crippen LogP contribution in [-0.4, -0.2) is 21.2 Å². The second kappa shape index (κ2) is 5.08. The highest BCUT2D eigenvalue weighted by atomic mass is 16.5. The van der Waals surface area contributed by atoms with Gasteiger partial charge in [-0.15, -0.1) is 10.2 Å². The van der Waals surface area contributed by atoms with E-state index in [0.717, 1.165) is 23.9 Å². The van der Waals surface area contributed by atoms with E-state index in [2.05, 4.69) is 22.5 Å². The highest BCUT2D eigenvalue weighted by Gasteiger charge is 2.28. The average molecular weight is 271 g/mol. The predicted molar refractivity (Wildman–Crippen MR) is 77.0 cm³/mol. The first-order valence-electron chi connectivity index (χ1n) is 7.86. The molecule has 0 saturated heterocycles. The molecule has 0 unspecified atom stereocenters. The zero-order valence-electron chi connectivity index (χ0n) is 11.8. The number of hydrogen-bond donors (Lipinski definition) is 0. The van der Waals surface area contributed by atoms with E-state index < -0.39 is 0 Å². The molecule has 0 radical (unpaired) electrons. The van der Waals surface area contributed by atoms with Gasteiger partial charge in [0.25, 0.3) is 0 Å². The summed E-state index contributed by atoms with van der Waals surface area (Å²) in [6, 6.07) is 2.06. The molecular formula is C16H21N3O. The quantitative estimate of drug-likeness (QED) is 0.853. The molecule has 2 saturated carbocycles. The number of fused-ring (bicyclic) bond motifs is 1. The number of nitrogens with zero attached hydrogens (tertiary/aromatic N) is 3. The number of hydrogen-bond acceptors (Lipinski definition) is 3. The van der Waals surface area contributed by atoms with Crippen molar-refractivity contribution in [3.63, 3.8) is 0 Å². The van der Waals surface area contributed by atoms with Gasteiger partial charge < -0.3 is 4.74 Å². The Morgan fingerprint density at radius 1 is 1.15 bits per heavy atom. The lowest BCUT2D eigenvalue weighted by Gasteiger charge is -2.22. The maximum Gasteiger partial charge on any atom is 0.164 e. The van der Waals surface area contributed by atoms with Crippen LogP contribution in [0.25, 0.3) is 5.65 Å². The van der Waals surface area contributed by atoms with Crippen molar-refractivity contribution in [2.24, 2.45) is 5.92 Å². The first-order chi connectivity index (χ1) is 9.90. The van der Waals surface area contributed by atoms with Crippen LogP contribution in [0.3, 0.4) is 0 Å². The van der Waals surface area contributed by atoms with Crippen molar-refractivity contribution in [2.45, 2.75) is 50.9 Å². The molecular weight excluding hydrogens is 250 g/mol. The van der Waals surface area contributed by atoms with Crippen LogP contribution in [0.15, 0.2) is 18.6 Å². The van der Waals surface area contributed by atoms with E-state index in [1.165, 1.54) is 50.5 Å². The minimum Gasteiger partial charge on any atom is -0.493 e. The van der Waals surface area contributed by atoms with Crippen molar-refractivity contribution in [1.29, 1.82) is 0 Å². The van der Waals surface area contributed by atoms with E-state index >= 15 is 0 Å².